The standard InChI is InChI=1S/C17H27N3O2.ClH/c1-14(15-3-5-16(22-2)6-4-15)13-17(21)19-9-12-20-10-7-18-8-11-20;/h3-6,14,18H,7-13H2,1-2H3,(H,19,21);1H. The number of rotatable bonds is 7. The van der Waals surface area contributed by atoms with Crippen molar-refractivity contribution in [2.45, 2.75) is 19.3 Å². The van der Waals surface area contributed by atoms with Gasteiger partial charge in [0.05, 0.1) is 7.11 Å². The Morgan fingerprint density at radius 2 is 1.96 bits per heavy atom. The zero-order chi connectivity index (χ0) is 15.8. The van der Waals surface area contributed by atoms with E-state index in [0.717, 1.165) is 50.6 Å². The summed E-state index contributed by atoms with van der Waals surface area (Å²) in [6.07, 6.45) is 0.522. The molecule has 1 amide bonds. The van der Waals surface area contributed by atoms with Gasteiger partial charge in [-0.15, -0.1) is 12.4 Å². The number of hydrogen-bond donors (Lipinski definition) is 2. The molecule has 0 aromatic heterocycles. The van der Waals surface area contributed by atoms with Gasteiger partial charge < -0.3 is 15.4 Å². The monoisotopic (exact) mass is 341 g/mol. The van der Waals surface area contributed by atoms with Crippen molar-refractivity contribution >= 4 is 18.3 Å². The fourth-order valence-electron chi connectivity index (χ4n) is 2.69. The van der Waals surface area contributed by atoms with Crippen molar-refractivity contribution in [1.82, 2.24) is 15.5 Å². The van der Waals surface area contributed by atoms with Crippen LogP contribution in [0.3, 0.4) is 0 Å². The highest BCUT2D eigenvalue weighted by atomic mass is 35.5. The van der Waals surface area contributed by atoms with Crippen LogP contribution >= 0.6 is 12.4 Å². The first-order valence-corrected chi connectivity index (χ1v) is 8.03. The number of carbonyl (C=O) groups excluding carboxylic acids is 1. The maximum Gasteiger partial charge on any atom is 0.220 e. The van der Waals surface area contributed by atoms with Crippen LogP contribution in [0.4, 0.5) is 0 Å². The summed E-state index contributed by atoms with van der Waals surface area (Å²) in [6, 6.07) is 7.93. The molecule has 0 bridgehead atoms. The van der Waals surface area contributed by atoms with Gasteiger partial charge in [0, 0.05) is 45.7 Å². The van der Waals surface area contributed by atoms with Crippen molar-refractivity contribution < 1.29 is 9.53 Å². The smallest absolute Gasteiger partial charge is 0.220 e. The van der Waals surface area contributed by atoms with Crippen LogP contribution in [0.2, 0.25) is 0 Å². The van der Waals surface area contributed by atoms with E-state index in [0.29, 0.717) is 6.42 Å². The highest BCUT2D eigenvalue weighted by molar-refractivity contribution is 5.85. The number of amides is 1. The van der Waals surface area contributed by atoms with Gasteiger partial charge in [-0.3, -0.25) is 9.69 Å². The number of halogens is 1. The van der Waals surface area contributed by atoms with E-state index < -0.39 is 0 Å². The molecular formula is C17H28ClN3O2. The molecule has 0 radical (unpaired) electrons. The number of hydrogen-bond acceptors (Lipinski definition) is 4. The third-order valence-electron chi connectivity index (χ3n) is 4.14. The topological polar surface area (TPSA) is 53.6 Å². The lowest BCUT2D eigenvalue weighted by Crippen LogP contribution is -2.46. The van der Waals surface area contributed by atoms with Crippen LogP contribution < -0.4 is 15.4 Å². The zero-order valence-electron chi connectivity index (χ0n) is 14.0. The van der Waals surface area contributed by atoms with Crippen molar-refractivity contribution in [3.63, 3.8) is 0 Å². The molecule has 1 aromatic rings. The highest BCUT2D eigenvalue weighted by Gasteiger charge is 2.12. The van der Waals surface area contributed by atoms with E-state index in [-0.39, 0.29) is 24.2 Å². The largest absolute Gasteiger partial charge is 0.497 e. The maximum atomic E-state index is 12.0. The number of nitrogens with zero attached hydrogens (tertiary/aromatic N) is 1. The number of methoxy groups -OCH3 is 1. The SMILES string of the molecule is COc1ccc(C(C)CC(=O)NCCN2CCNCC2)cc1.Cl. The van der Waals surface area contributed by atoms with Gasteiger partial charge in [-0.1, -0.05) is 19.1 Å². The molecule has 1 atom stereocenters. The lowest BCUT2D eigenvalue weighted by molar-refractivity contribution is -0.121. The van der Waals surface area contributed by atoms with E-state index in [1.54, 1.807) is 7.11 Å². The average Bonchev–Trinajstić information content (AvgIpc) is 2.56. The molecule has 2 rings (SSSR count). The Kier molecular flexibility index (Phi) is 8.99. The Bertz CT molecular complexity index is 461. The summed E-state index contributed by atoms with van der Waals surface area (Å²) >= 11 is 0. The minimum atomic E-state index is 0. The first-order valence-electron chi connectivity index (χ1n) is 8.03. The molecule has 0 saturated carbocycles. The number of nitrogens with one attached hydrogen (secondary N) is 2. The quantitative estimate of drug-likeness (QED) is 0.791. The third kappa shape index (κ3) is 6.77. The Hall–Kier alpha value is -1.30. The minimum Gasteiger partial charge on any atom is -0.497 e. The van der Waals surface area contributed by atoms with E-state index in [2.05, 4.69) is 22.5 Å². The van der Waals surface area contributed by atoms with Crippen LogP contribution in [0.1, 0.15) is 24.8 Å². The summed E-state index contributed by atoms with van der Waals surface area (Å²) in [4.78, 5) is 14.4. The molecular weight excluding hydrogens is 314 g/mol. The molecule has 1 saturated heterocycles. The molecule has 1 fully saturated rings. The second-order valence-corrected chi connectivity index (χ2v) is 5.82. The van der Waals surface area contributed by atoms with Crippen molar-refractivity contribution in [3.05, 3.63) is 29.8 Å². The first-order chi connectivity index (χ1) is 10.7. The van der Waals surface area contributed by atoms with Crippen LogP contribution in [0.5, 0.6) is 5.75 Å². The fraction of sp³-hybridized carbons (Fsp3) is 0.588. The summed E-state index contributed by atoms with van der Waals surface area (Å²) < 4.78 is 5.15. The summed E-state index contributed by atoms with van der Waals surface area (Å²) in [5.74, 6) is 1.18. The van der Waals surface area contributed by atoms with E-state index in [1.165, 1.54) is 0 Å². The molecule has 0 spiro atoms. The molecule has 0 aliphatic carbocycles. The first kappa shape index (κ1) is 19.7. The number of piperazine rings is 1. The van der Waals surface area contributed by atoms with E-state index in [1.807, 2.05) is 24.3 Å². The van der Waals surface area contributed by atoms with Gasteiger partial charge in [-0.05, 0) is 23.6 Å². The Morgan fingerprint density at radius 1 is 1.30 bits per heavy atom. The molecule has 6 heteroatoms. The Labute approximate surface area is 145 Å². The summed E-state index contributed by atoms with van der Waals surface area (Å²) in [7, 11) is 1.66. The van der Waals surface area contributed by atoms with Gasteiger partial charge in [0.15, 0.2) is 0 Å². The maximum absolute atomic E-state index is 12.0. The van der Waals surface area contributed by atoms with Crippen LogP contribution in [0, 0.1) is 0 Å². The second kappa shape index (κ2) is 10.5. The lowest BCUT2D eigenvalue weighted by Gasteiger charge is -2.27. The normalized spacial score (nSPS) is 16.3. The Morgan fingerprint density at radius 3 is 2.57 bits per heavy atom. The predicted molar refractivity (Wildman–Crippen MR) is 95.6 cm³/mol. The van der Waals surface area contributed by atoms with Gasteiger partial charge >= 0.3 is 0 Å². The molecule has 130 valence electrons. The van der Waals surface area contributed by atoms with Crippen LogP contribution in [0.25, 0.3) is 0 Å². The van der Waals surface area contributed by atoms with Gasteiger partial charge in [-0.2, -0.15) is 0 Å². The van der Waals surface area contributed by atoms with Crippen molar-refractivity contribution in [2.24, 2.45) is 0 Å². The van der Waals surface area contributed by atoms with Crippen molar-refractivity contribution in [3.8, 4) is 5.75 Å². The van der Waals surface area contributed by atoms with Gasteiger partial charge in [0.25, 0.3) is 0 Å². The summed E-state index contributed by atoms with van der Waals surface area (Å²) in [5.41, 5.74) is 1.16. The summed E-state index contributed by atoms with van der Waals surface area (Å²) in [5, 5.41) is 6.36. The van der Waals surface area contributed by atoms with Gasteiger partial charge in [-0.25, -0.2) is 0 Å². The second-order valence-electron chi connectivity index (χ2n) is 5.82. The number of carbonyl (C=O) groups is 1. The summed E-state index contributed by atoms with van der Waals surface area (Å²) in [6.45, 7) is 7.97. The molecule has 1 aliphatic heterocycles. The van der Waals surface area contributed by atoms with Crippen LogP contribution in [-0.2, 0) is 4.79 Å². The lowest BCUT2D eigenvalue weighted by atomic mass is 9.97. The van der Waals surface area contributed by atoms with Crippen LogP contribution in [-0.4, -0.2) is 57.2 Å². The molecule has 1 aliphatic rings. The molecule has 2 N–H and O–H groups in total. The van der Waals surface area contributed by atoms with E-state index in [4.69, 9.17) is 4.74 Å². The fourth-order valence-corrected chi connectivity index (χ4v) is 2.69. The average molecular weight is 342 g/mol. The predicted octanol–water partition coefficient (Wildman–Crippen LogP) is 1.63. The molecule has 1 heterocycles. The van der Waals surface area contributed by atoms with Crippen LogP contribution in [0.15, 0.2) is 24.3 Å². The number of ether oxygens (including phenoxy) is 1. The molecule has 23 heavy (non-hydrogen) atoms. The molecule has 5 nitrogen and oxygen atoms in total. The molecule has 1 unspecified atom stereocenters. The number of benzene rings is 1. The third-order valence-corrected chi connectivity index (χ3v) is 4.14. The van der Waals surface area contributed by atoms with Gasteiger partial charge in [0.1, 0.15) is 5.75 Å². The highest BCUT2D eigenvalue weighted by Crippen LogP contribution is 2.21. The minimum absolute atomic E-state index is 0. The van der Waals surface area contributed by atoms with E-state index >= 15 is 0 Å². The zero-order valence-corrected chi connectivity index (χ0v) is 14.8. The van der Waals surface area contributed by atoms with Crippen molar-refractivity contribution in [2.75, 3.05) is 46.4 Å². The van der Waals surface area contributed by atoms with E-state index in [9.17, 15) is 4.79 Å². The Balaban J connectivity index is 0.00000264. The van der Waals surface area contributed by atoms with Crippen molar-refractivity contribution in [1.29, 1.82) is 0 Å². The van der Waals surface area contributed by atoms with Gasteiger partial charge in [0.2, 0.25) is 5.91 Å². The molecule has 1 aromatic carbocycles.